The van der Waals surface area contributed by atoms with E-state index >= 15 is 0 Å². The van der Waals surface area contributed by atoms with E-state index in [9.17, 15) is 19.5 Å². The monoisotopic (exact) mass is 298 g/mol. The second-order valence-corrected chi connectivity index (χ2v) is 5.85. The van der Waals surface area contributed by atoms with Gasteiger partial charge < -0.3 is 19.6 Å². The predicted octanol–water partition coefficient (Wildman–Crippen LogP) is 0.788. The third-order valence-electron chi connectivity index (χ3n) is 4.75. The molecule has 0 aromatic carbocycles. The van der Waals surface area contributed by atoms with E-state index in [0.717, 1.165) is 0 Å². The number of aliphatic carboxylic acids is 1. The molecule has 2 aliphatic heterocycles. The number of hydrogen-bond donors (Lipinski definition) is 1. The molecule has 2 amide bonds. The first-order valence-electron chi connectivity index (χ1n) is 7.28. The highest BCUT2D eigenvalue weighted by atomic mass is 16.5. The molecule has 1 N–H and O–H groups in total. The summed E-state index contributed by atoms with van der Waals surface area (Å²) in [5.41, 5.74) is -0.822. The number of nitrogens with zero attached hydrogens (tertiary/aromatic N) is 2. The minimum Gasteiger partial charge on any atom is -0.481 e. The van der Waals surface area contributed by atoms with Crippen LogP contribution in [-0.2, 0) is 14.3 Å². The summed E-state index contributed by atoms with van der Waals surface area (Å²) >= 11 is 0. The van der Waals surface area contributed by atoms with Gasteiger partial charge in [0.2, 0.25) is 0 Å². The smallest absolute Gasteiger partial charge is 0.320 e. The number of carboxylic acid groups (broad SMARTS) is 1. The maximum absolute atomic E-state index is 12.4. The lowest BCUT2D eigenvalue weighted by Gasteiger charge is -2.26. The molecule has 2 aliphatic rings. The Morgan fingerprint density at radius 2 is 2.00 bits per heavy atom. The largest absolute Gasteiger partial charge is 0.481 e. The van der Waals surface area contributed by atoms with Crippen LogP contribution in [0.2, 0.25) is 0 Å². The van der Waals surface area contributed by atoms with E-state index in [4.69, 9.17) is 4.74 Å². The Morgan fingerprint density at radius 1 is 1.29 bits per heavy atom. The zero-order valence-electron chi connectivity index (χ0n) is 12.5. The SMILES string of the molecule is CCC1(C(=O)O)CCN(C(=O)N2CCC(C(=O)OC)C2)C1. The van der Waals surface area contributed by atoms with E-state index in [1.807, 2.05) is 6.92 Å². The van der Waals surface area contributed by atoms with Crippen molar-refractivity contribution in [3.05, 3.63) is 0 Å². The summed E-state index contributed by atoms with van der Waals surface area (Å²) in [6.45, 7) is 3.41. The highest BCUT2D eigenvalue weighted by Gasteiger charge is 2.46. The van der Waals surface area contributed by atoms with Crippen LogP contribution in [0.25, 0.3) is 0 Å². The molecule has 2 unspecified atom stereocenters. The third kappa shape index (κ3) is 2.82. The fourth-order valence-electron chi connectivity index (χ4n) is 3.14. The number of carbonyl (C=O) groups excluding carboxylic acids is 2. The number of methoxy groups -OCH3 is 1. The third-order valence-corrected chi connectivity index (χ3v) is 4.75. The molecule has 0 saturated carbocycles. The number of likely N-dealkylation sites (tertiary alicyclic amines) is 2. The molecule has 0 bridgehead atoms. The summed E-state index contributed by atoms with van der Waals surface area (Å²) in [7, 11) is 1.34. The van der Waals surface area contributed by atoms with E-state index in [2.05, 4.69) is 0 Å². The fourth-order valence-corrected chi connectivity index (χ4v) is 3.14. The van der Waals surface area contributed by atoms with Crippen LogP contribution in [0.3, 0.4) is 0 Å². The normalized spacial score (nSPS) is 28.8. The van der Waals surface area contributed by atoms with Gasteiger partial charge in [-0.1, -0.05) is 6.92 Å². The topological polar surface area (TPSA) is 87.2 Å². The first kappa shape index (κ1) is 15.6. The maximum atomic E-state index is 12.4. The van der Waals surface area contributed by atoms with Gasteiger partial charge >= 0.3 is 18.0 Å². The van der Waals surface area contributed by atoms with Crippen molar-refractivity contribution >= 4 is 18.0 Å². The van der Waals surface area contributed by atoms with Crippen LogP contribution in [0.4, 0.5) is 4.79 Å². The Hall–Kier alpha value is -1.79. The molecule has 2 fully saturated rings. The van der Waals surface area contributed by atoms with E-state index in [1.165, 1.54) is 7.11 Å². The number of hydrogen-bond acceptors (Lipinski definition) is 4. The van der Waals surface area contributed by atoms with Gasteiger partial charge in [0.25, 0.3) is 0 Å². The van der Waals surface area contributed by atoms with Crippen LogP contribution in [0, 0.1) is 11.3 Å². The number of amides is 2. The molecule has 21 heavy (non-hydrogen) atoms. The molecular formula is C14H22N2O5. The van der Waals surface area contributed by atoms with Gasteiger partial charge in [-0.05, 0) is 19.3 Å². The molecule has 2 saturated heterocycles. The molecule has 7 nitrogen and oxygen atoms in total. The van der Waals surface area contributed by atoms with Crippen molar-refractivity contribution in [2.45, 2.75) is 26.2 Å². The molecule has 0 aromatic heterocycles. The van der Waals surface area contributed by atoms with Gasteiger partial charge in [-0.25, -0.2) is 4.79 Å². The van der Waals surface area contributed by atoms with Crippen molar-refractivity contribution in [1.29, 1.82) is 0 Å². The van der Waals surface area contributed by atoms with Crippen molar-refractivity contribution < 1.29 is 24.2 Å². The summed E-state index contributed by atoms with van der Waals surface area (Å²) < 4.78 is 4.70. The molecule has 2 heterocycles. The fraction of sp³-hybridized carbons (Fsp3) is 0.786. The molecule has 7 heteroatoms. The van der Waals surface area contributed by atoms with Crippen molar-refractivity contribution in [1.82, 2.24) is 9.80 Å². The van der Waals surface area contributed by atoms with Crippen molar-refractivity contribution in [3.8, 4) is 0 Å². The molecule has 0 aromatic rings. The summed E-state index contributed by atoms with van der Waals surface area (Å²) in [6.07, 6.45) is 1.60. The van der Waals surface area contributed by atoms with Gasteiger partial charge in [-0.3, -0.25) is 9.59 Å². The average molecular weight is 298 g/mol. The standard InChI is InChI=1S/C14H22N2O5/c1-3-14(12(18)19)5-7-16(9-14)13(20)15-6-4-10(8-15)11(17)21-2/h10H,3-9H2,1-2H3,(H,18,19). The van der Waals surface area contributed by atoms with E-state index in [0.29, 0.717) is 38.9 Å². The highest BCUT2D eigenvalue weighted by molar-refractivity contribution is 5.81. The lowest BCUT2D eigenvalue weighted by Crippen LogP contribution is -2.43. The minimum atomic E-state index is -0.839. The van der Waals surface area contributed by atoms with Crippen LogP contribution in [-0.4, -0.2) is 66.2 Å². The zero-order valence-corrected chi connectivity index (χ0v) is 12.5. The lowest BCUT2D eigenvalue weighted by atomic mass is 9.84. The second-order valence-electron chi connectivity index (χ2n) is 5.85. The predicted molar refractivity (Wildman–Crippen MR) is 73.6 cm³/mol. The van der Waals surface area contributed by atoms with E-state index in [-0.39, 0.29) is 24.5 Å². The van der Waals surface area contributed by atoms with Crippen LogP contribution >= 0.6 is 0 Å². The van der Waals surface area contributed by atoms with Crippen molar-refractivity contribution in [2.75, 3.05) is 33.3 Å². The summed E-state index contributed by atoms with van der Waals surface area (Å²) in [6, 6.07) is -0.169. The second kappa shape index (κ2) is 5.91. The Morgan fingerprint density at radius 3 is 2.52 bits per heavy atom. The maximum Gasteiger partial charge on any atom is 0.320 e. The number of esters is 1. The molecular weight excluding hydrogens is 276 g/mol. The van der Waals surface area contributed by atoms with Gasteiger partial charge in [0.1, 0.15) is 0 Å². The van der Waals surface area contributed by atoms with Gasteiger partial charge in [-0.2, -0.15) is 0 Å². The van der Waals surface area contributed by atoms with Crippen molar-refractivity contribution in [3.63, 3.8) is 0 Å². The molecule has 2 atom stereocenters. The number of ether oxygens (including phenoxy) is 1. The molecule has 0 radical (unpaired) electrons. The van der Waals surface area contributed by atoms with Gasteiger partial charge in [-0.15, -0.1) is 0 Å². The Bertz CT molecular complexity index is 453. The van der Waals surface area contributed by atoms with Gasteiger partial charge in [0, 0.05) is 26.2 Å². The minimum absolute atomic E-state index is 0.169. The average Bonchev–Trinajstić information content (AvgIpc) is 3.13. The Kier molecular flexibility index (Phi) is 4.39. The summed E-state index contributed by atoms with van der Waals surface area (Å²) in [5, 5.41) is 9.36. The molecule has 118 valence electrons. The number of urea groups is 1. The van der Waals surface area contributed by atoms with Gasteiger partial charge in [0.05, 0.1) is 18.4 Å². The lowest BCUT2D eigenvalue weighted by molar-refractivity contribution is -0.148. The summed E-state index contributed by atoms with van der Waals surface area (Å²) in [5.74, 6) is -1.40. The van der Waals surface area contributed by atoms with E-state index < -0.39 is 11.4 Å². The van der Waals surface area contributed by atoms with Crippen LogP contribution < -0.4 is 0 Å². The van der Waals surface area contributed by atoms with Crippen molar-refractivity contribution in [2.24, 2.45) is 11.3 Å². The van der Waals surface area contributed by atoms with Crippen LogP contribution in [0.5, 0.6) is 0 Å². The van der Waals surface area contributed by atoms with Crippen LogP contribution in [0.15, 0.2) is 0 Å². The van der Waals surface area contributed by atoms with E-state index in [1.54, 1.807) is 9.80 Å². The molecule has 0 aliphatic carbocycles. The van der Waals surface area contributed by atoms with Crippen LogP contribution in [0.1, 0.15) is 26.2 Å². The summed E-state index contributed by atoms with van der Waals surface area (Å²) in [4.78, 5) is 38.6. The van der Waals surface area contributed by atoms with Gasteiger partial charge in [0.15, 0.2) is 0 Å². The Labute approximate surface area is 123 Å². The number of carboxylic acids is 1. The highest BCUT2D eigenvalue weighted by Crippen LogP contribution is 2.35. The molecule has 2 rings (SSSR count). The number of rotatable bonds is 3. The first-order chi connectivity index (χ1) is 9.93. The Balaban J connectivity index is 1.97. The number of carbonyl (C=O) groups is 3. The quantitative estimate of drug-likeness (QED) is 0.778. The molecule has 0 spiro atoms. The first-order valence-corrected chi connectivity index (χ1v) is 7.28. The zero-order chi connectivity index (χ0) is 15.6.